The van der Waals surface area contributed by atoms with Crippen LogP contribution in [0.2, 0.25) is 0 Å². The number of fused-ring (bicyclic) bond motifs is 1. The monoisotopic (exact) mass is 398 g/mol. The van der Waals surface area contributed by atoms with Gasteiger partial charge in [0.05, 0.1) is 11.0 Å². The van der Waals surface area contributed by atoms with Crippen molar-refractivity contribution in [2.45, 2.75) is 13.0 Å². The highest BCUT2D eigenvalue weighted by atomic mass is 16.7. The number of nitro benzene ring substituents is 1. The number of carbonyl (C=O) groups excluding carboxylic acids is 1. The molecule has 1 saturated heterocycles. The van der Waals surface area contributed by atoms with Crippen molar-refractivity contribution in [1.29, 1.82) is 0 Å². The molecule has 1 fully saturated rings. The maximum absolute atomic E-state index is 12.7. The minimum atomic E-state index is -0.401. The molecule has 2 aliphatic heterocycles. The molecule has 0 bridgehead atoms. The van der Waals surface area contributed by atoms with E-state index >= 15 is 0 Å². The standard InChI is InChI=1S/C20H22N4O5/c1-14(20(25)21-15-2-7-18-19(12-15)29-13-28-18)22-8-10-23(11-9-22)16-3-5-17(6-4-16)24(26)27/h2-7,12,14H,8-11,13H2,1H3,(H,21,25). The normalized spacial score (nSPS) is 17.1. The van der Waals surface area contributed by atoms with Crippen LogP contribution in [-0.2, 0) is 4.79 Å². The molecule has 2 aromatic carbocycles. The maximum atomic E-state index is 12.7. The summed E-state index contributed by atoms with van der Waals surface area (Å²) in [4.78, 5) is 27.4. The molecule has 29 heavy (non-hydrogen) atoms. The van der Waals surface area contributed by atoms with Crippen molar-refractivity contribution in [3.63, 3.8) is 0 Å². The van der Waals surface area contributed by atoms with Gasteiger partial charge in [-0.1, -0.05) is 0 Å². The molecule has 2 aliphatic rings. The highest BCUT2D eigenvalue weighted by Crippen LogP contribution is 2.34. The third-order valence-electron chi connectivity index (χ3n) is 5.31. The summed E-state index contributed by atoms with van der Waals surface area (Å²) in [6.07, 6.45) is 0. The molecule has 4 rings (SSSR count). The van der Waals surface area contributed by atoms with E-state index in [1.165, 1.54) is 12.1 Å². The number of hydrogen-bond acceptors (Lipinski definition) is 7. The van der Waals surface area contributed by atoms with Crippen LogP contribution < -0.4 is 19.7 Å². The number of carbonyl (C=O) groups is 1. The van der Waals surface area contributed by atoms with E-state index in [2.05, 4.69) is 15.1 Å². The summed E-state index contributed by atoms with van der Waals surface area (Å²) in [5.74, 6) is 1.23. The molecular formula is C20H22N4O5. The fourth-order valence-corrected chi connectivity index (χ4v) is 3.54. The number of benzene rings is 2. The van der Waals surface area contributed by atoms with E-state index in [-0.39, 0.29) is 24.4 Å². The van der Waals surface area contributed by atoms with Crippen LogP contribution in [0.4, 0.5) is 17.1 Å². The highest BCUT2D eigenvalue weighted by molar-refractivity contribution is 5.94. The number of nitro groups is 1. The number of nitrogens with one attached hydrogen (secondary N) is 1. The number of nitrogens with zero attached hydrogens (tertiary/aromatic N) is 3. The molecule has 9 heteroatoms. The van der Waals surface area contributed by atoms with Gasteiger partial charge < -0.3 is 19.7 Å². The van der Waals surface area contributed by atoms with Gasteiger partial charge in [0, 0.05) is 55.8 Å². The molecule has 0 saturated carbocycles. The molecule has 0 radical (unpaired) electrons. The van der Waals surface area contributed by atoms with E-state index in [4.69, 9.17) is 9.47 Å². The summed E-state index contributed by atoms with van der Waals surface area (Å²) in [5, 5.41) is 13.7. The zero-order valence-corrected chi connectivity index (χ0v) is 16.0. The van der Waals surface area contributed by atoms with E-state index in [1.807, 2.05) is 6.92 Å². The van der Waals surface area contributed by atoms with E-state index < -0.39 is 4.92 Å². The predicted molar refractivity (Wildman–Crippen MR) is 108 cm³/mol. The Balaban J connectivity index is 1.31. The van der Waals surface area contributed by atoms with Gasteiger partial charge in [0.25, 0.3) is 5.69 Å². The van der Waals surface area contributed by atoms with Crippen molar-refractivity contribution in [1.82, 2.24) is 4.90 Å². The fourth-order valence-electron chi connectivity index (χ4n) is 3.54. The van der Waals surface area contributed by atoms with Crippen molar-refractivity contribution < 1.29 is 19.2 Å². The molecule has 0 spiro atoms. The Labute approximate surface area is 168 Å². The Bertz CT molecular complexity index is 910. The van der Waals surface area contributed by atoms with Crippen LogP contribution in [-0.4, -0.2) is 54.7 Å². The zero-order chi connectivity index (χ0) is 20.4. The summed E-state index contributed by atoms with van der Waals surface area (Å²) in [6.45, 7) is 5.05. The van der Waals surface area contributed by atoms with Crippen LogP contribution in [0.3, 0.4) is 0 Å². The number of amides is 1. The van der Waals surface area contributed by atoms with Gasteiger partial charge in [-0.3, -0.25) is 19.8 Å². The first kappa shape index (κ1) is 19.0. The average Bonchev–Trinajstić information content (AvgIpc) is 3.21. The summed E-state index contributed by atoms with van der Waals surface area (Å²) in [6, 6.07) is 11.6. The summed E-state index contributed by atoms with van der Waals surface area (Å²) in [5.41, 5.74) is 1.71. The second-order valence-electron chi connectivity index (χ2n) is 7.03. The van der Waals surface area contributed by atoms with Gasteiger partial charge in [0.15, 0.2) is 11.5 Å². The second-order valence-corrected chi connectivity index (χ2v) is 7.03. The molecule has 1 unspecified atom stereocenters. The van der Waals surface area contributed by atoms with Crippen LogP contribution in [0.5, 0.6) is 11.5 Å². The van der Waals surface area contributed by atoms with E-state index in [1.54, 1.807) is 30.3 Å². The second kappa shape index (κ2) is 7.96. The first-order chi connectivity index (χ1) is 14.0. The van der Waals surface area contributed by atoms with Gasteiger partial charge in [0.2, 0.25) is 12.7 Å². The first-order valence-corrected chi connectivity index (χ1v) is 9.45. The van der Waals surface area contributed by atoms with Crippen molar-refractivity contribution in [2.75, 3.05) is 43.2 Å². The lowest BCUT2D eigenvalue weighted by molar-refractivity contribution is -0.384. The van der Waals surface area contributed by atoms with Gasteiger partial charge in [0.1, 0.15) is 0 Å². The minimum Gasteiger partial charge on any atom is -0.454 e. The van der Waals surface area contributed by atoms with Gasteiger partial charge >= 0.3 is 0 Å². The lowest BCUT2D eigenvalue weighted by Crippen LogP contribution is -2.52. The summed E-state index contributed by atoms with van der Waals surface area (Å²) < 4.78 is 10.6. The smallest absolute Gasteiger partial charge is 0.269 e. The molecule has 2 aromatic rings. The lowest BCUT2D eigenvalue weighted by Gasteiger charge is -2.38. The van der Waals surface area contributed by atoms with Crippen molar-refractivity contribution in [3.8, 4) is 11.5 Å². The van der Waals surface area contributed by atoms with Gasteiger partial charge in [-0.15, -0.1) is 0 Å². The summed E-state index contributed by atoms with van der Waals surface area (Å²) >= 11 is 0. The highest BCUT2D eigenvalue weighted by Gasteiger charge is 2.26. The Morgan fingerprint density at radius 3 is 2.45 bits per heavy atom. The molecule has 0 aliphatic carbocycles. The number of non-ortho nitro benzene ring substituents is 1. The number of ether oxygens (including phenoxy) is 2. The lowest BCUT2D eigenvalue weighted by atomic mass is 10.2. The van der Waals surface area contributed by atoms with Crippen LogP contribution >= 0.6 is 0 Å². The number of rotatable bonds is 5. The van der Waals surface area contributed by atoms with Crippen molar-refractivity contribution in [2.24, 2.45) is 0 Å². The van der Waals surface area contributed by atoms with E-state index in [0.717, 1.165) is 31.9 Å². The van der Waals surface area contributed by atoms with Crippen LogP contribution in [0.1, 0.15) is 6.92 Å². The Hall–Kier alpha value is -3.33. The topological polar surface area (TPSA) is 97.2 Å². The third kappa shape index (κ3) is 4.09. The zero-order valence-electron chi connectivity index (χ0n) is 16.0. The van der Waals surface area contributed by atoms with Gasteiger partial charge in [-0.25, -0.2) is 0 Å². The Morgan fingerprint density at radius 1 is 1.07 bits per heavy atom. The molecule has 2 heterocycles. The molecule has 152 valence electrons. The fraction of sp³-hybridized carbons (Fsp3) is 0.350. The number of anilines is 2. The number of piperazine rings is 1. The van der Waals surface area contributed by atoms with Crippen LogP contribution in [0.15, 0.2) is 42.5 Å². The SMILES string of the molecule is CC(C(=O)Nc1ccc2c(c1)OCO2)N1CCN(c2ccc([N+](=O)[O-])cc2)CC1. The van der Waals surface area contributed by atoms with Crippen molar-refractivity contribution >= 4 is 23.0 Å². The average molecular weight is 398 g/mol. The Kier molecular flexibility index (Phi) is 5.22. The third-order valence-corrected chi connectivity index (χ3v) is 5.31. The van der Waals surface area contributed by atoms with E-state index in [9.17, 15) is 14.9 Å². The Morgan fingerprint density at radius 2 is 1.76 bits per heavy atom. The first-order valence-electron chi connectivity index (χ1n) is 9.45. The molecule has 0 aromatic heterocycles. The van der Waals surface area contributed by atoms with Gasteiger partial charge in [-0.2, -0.15) is 0 Å². The molecular weight excluding hydrogens is 376 g/mol. The largest absolute Gasteiger partial charge is 0.454 e. The maximum Gasteiger partial charge on any atom is 0.269 e. The molecule has 1 N–H and O–H groups in total. The van der Waals surface area contributed by atoms with E-state index in [0.29, 0.717) is 17.2 Å². The van der Waals surface area contributed by atoms with Crippen molar-refractivity contribution in [3.05, 3.63) is 52.6 Å². The number of hydrogen-bond donors (Lipinski definition) is 1. The minimum absolute atomic E-state index is 0.0762. The van der Waals surface area contributed by atoms with Crippen LogP contribution in [0, 0.1) is 10.1 Å². The molecule has 9 nitrogen and oxygen atoms in total. The summed E-state index contributed by atoms with van der Waals surface area (Å²) in [7, 11) is 0. The molecule has 1 amide bonds. The predicted octanol–water partition coefficient (Wildman–Crippen LogP) is 2.47. The quantitative estimate of drug-likeness (QED) is 0.610. The van der Waals surface area contributed by atoms with Crippen LogP contribution in [0.25, 0.3) is 0 Å². The molecule has 1 atom stereocenters. The van der Waals surface area contributed by atoms with Gasteiger partial charge in [-0.05, 0) is 31.2 Å².